The molecule has 31 heavy (non-hydrogen) atoms. The lowest BCUT2D eigenvalue weighted by molar-refractivity contribution is -0.139. The van der Waals surface area contributed by atoms with Gasteiger partial charge in [-0.2, -0.15) is 0 Å². The summed E-state index contributed by atoms with van der Waals surface area (Å²) in [7, 11) is 0. The number of rotatable bonds is 4. The van der Waals surface area contributed by atoms with Crippen molar-refractivity contribution in [1.29, 1.82) is 0 Å². The zero-order chi connectivity index (χ0) is 21.4. The number of ether oxygens (including phenoxy) is 2. The number of fused-ring (bicyclic) bond motifs is 1. The van der Waals surface area contributed by atoms with Crippen molar-refractivity contribution in [3.8, 4) is 11.5 Å². The number of carbonyl (C=O) groups is 2. The van der Waals surface area contributed by atoms with E-state index in [1.807, 2.05) is 37.3 Å². The average molecular weight is 418 g/mol. The van der Waals surface area contributed by atoms with Gasteiger partial charge in [-0.3, -0.25) is 14.5 Å². The van der Waals surface area contributed by atoms with Gasteiger partial charge in [0.1, 0.15) is 5.70 Å². The highest BCUT2D eigenvalue weighted by molar-refractivity contribution is 6.36. The van der Waals surface area contributed by atoms with E-state index in [0.717, 1.165) is 49.7 Å². The number of hydrogen-bond donors (Lipinski definition) is 1. The first-order valence-corrected chi connectivity index (χ1v) is 11.0. The van der Waals surface area contributed by atoms with Gasteiger partial charge >= 0.3 is 0 Å². The van der Waals surface area contributed by atoms with E-state index in [1.165, 1.54) is 4.90 Å². The van der Waals surface area contributed by atoms with Gasteiger partial charge in [-0.05, 0) is 37.5 Å². The summed E-state index contributed by atoms with van der Waals surface area (Å²) < 4.78 is 10.8. The summed E-state index contributed by atoms with van der Waals surface area (Å²) >= 11 is 0. The molecular formula is C25H26N2O4. The highest BCUT2D eigenvalue weighted by atomic mass is 16.7. The summed E-state index contributed by atoms with van der Waals surface area (Å²) in [5, 5.41) is 3.23. The third-order valence-corrected chi connectivity index (χ3v) is 6.29. The number of benzene rings is 2. The highest BCUT2D eigenvalue weighted by Gasteiger charge is 2.42. The molecule has 0 aromatic heterocycles. The molecule has 0 spiro atoms. The first-order valence-electron chi connectivity index (χ1n) is 11.0. The van der Waals surface area contributed by atoms with E-state index >= 15 is 0 Å². The van der Waals surface area contributed by atoms with Crippen LogP contribution in [-0.4, -0.2) is 29.5 Å². The van der Waals surface area contributed by atoms with E-state index in [0.29, 0.717) is 28.5 Å². The predicted octanol–water partition coefficient (Wildman–Crippen LogP) is 4.64. The van der Waals surface area contributed by atoms with Crippen LogP contribution in [0, 0.1) is 6.92 Å². The molecule has 2 aliphatic heterocycles. The molecule has 6 heteroatoms. The lowest BCUT2D eigenvalue weighted by Crippen LogP contribution is -2.41. The standard InChI is InChI=1S/C25H26N2O4/c1-16-8-10-17(11-9-16)22-23(26-18-12-13-20-21(14-18)31-15-30-20)25(29)27(24(22)28)19-6-4-2-3-5-7-19/h8-14,19,26H,2-7,15H2,1H3. The molecule has 1 fully saturated rings. The summed E-state index contributed by atoms with van der Waals surface area (Å²) in [6.45, 7) is 2.19. The van der Waals surface area contributed by atoms with Gasteiger partial charge in [-0.1, -0.05) is 55.5 Å². The summed E-state index contributed by atoms with van der Waals surface area (Å²) in [5.41, 5.74) is 3.31. The minimum Gasteiger partial charge on any atom is -0.454 e. The summed E-state index contributed by atoms with van der Waals surface area (Å²) in [5.74, 6) is 0.848. The molecule has 2 aromatic rings. The molecule has 0 bridgehead atoms. The first kappa shape index (κ1) is 19.7. The monoisotopic (exact) mass is 418 g/mol. The second-order valence-electron chi connectivity index (χ2n) is 8.43. The molecule has 160 valence electrons. The molecule has 2 amide bonds. The molecule has 0 unspecified atom stereocenters. The Morgan fingerprint density at radius 2 is 1.58 bits per heavy atom. The Labute approximate surface area is 181 Å². The first-order chi connectivity index (χ1) is 15.1. The normalized spacial score (nSPS) is 19.2. The molecule has 2 aromatic carbocycles. The fourth-order valence-corrected chi connectivity index (χ4v) is 4.62. The Morgan fingerprint density at radius 1 is 0.871 bits per heavy atom. The fourth-order valence-electron chi connectivity index (χ4n) is 4.62. The highest BCUT2D eigenvalue weighted by Crippen LogP contribution is 2.38. The molecule has 1 N–H and O–H groups in total. The van der Waals surface area contributed by atoms with E-state index in [4.69, 9.17) is 9.47 Å². The van der Waals surface area contributed by atoms with E-state index in [1.54, 1.807) is 12.1 Å². The number of imide groups is 1. The predicted molar refractivity (Wildman–Crippen MR) is 118 cm³/mol. The van der Waals surface area contributed by atoms with Crippen molar-refractivity contribution in [3.05, 3.63) is 59.3 Å². The van der Waals surface area contributed by atoms with E-state index in [2.05, 4.69) is 5.32 Å². The maximum absolute atomic E-state index is 13.6. The Hall–Kier alpha value is -3.28. The Balaban J connectivity index is 1.53. The smallest absolute Gasteiger partial charge is 0.278 e. The molecule has 3 aliphatic rings. The lowest BCUT2D eigenvalue weighted by atomic mass is 10.0. The van der Waals surface area contributed by atoms with Crippen molar-refractivity contribution >= 4 is 23.1 Å². The van der Waals surface area contributed by atoms with Crippen molar-refractivity contribution in [2.24, 2.45) is 0 Å². The van der Waals surface area contributed by atoms with Crippen LogP contribution in [0.15, 0.2) is 48.2 Å². The second kappa shape index (κ2) is 8.10. The minimum absolute atomic E-state index is 0.0426. The third kappa shape index (κ3) is 3.67. The van der Waals surface area contributed by atoms with Crippen LogP contribution in [0.5, 0.6) is 11.5 Å². The second-order valence-corrected chi connectivity index (χ2v) is 8.43. The molecule has 0 radical (unpaired) electrons. The lowest BCUT2D eigenvalue weighted by Gasteiger charge is -2.25. The number of anilines is 1. The van der Waals surface area contributed by atoms with Crippen LogP contribution < -0.4 is 14.8 Å². The van der Waals surface area contributed by atoms with Gasteiger partial charge in [-0.15, -0.1) is 0 Å². The number of nitrogens with one attached hydrogen (secondary N) is 1. The third-order valence-electron chi connectivity index (χ3n) is 6.29. The largest absolute Gasteiger partial charge is 0.454 e. The van der Waals surface area contributed by atoms with E-state index in [-0.39, 0.29) is 24.6 Å². The van der Waals surface area contributed by atoms with Crippen LogP contribution in [0.1, 0.15) is 49.7 Å². The van der Waals surface area contributed by atoms with Crippen molar-refractivity contribution in [2.45, 2.75) is 51.5 Å². The van der Waals surface area contributed by atoms with Gasteiger partial charge in [0.25, 0.3) is 11.8 Å². The molecular weight excluding hydrogens is 392 g/mol. The molecule has 6 nitrogen and oxygen atoms in total. The van der Waals surface area contributed by atoms with Crippen LogP contribution in [0.4, 0.5) is 5.69 Å². The Morgan fingerprint density at radius 3 is 2.32 bits per heavy atom. The SMILES string of the molecule is Cc1ccc(C2=C(Nc3ccc4c(c3)OCO4)C(=O)N(C3CCCCCC3)C2=O)cc1. The minimum atomic E-state index is -0.245. The van der Waals surface area contributed by atoms with Gasteiger partial charge in [0.2, 0.25) is 6.79 Å². The zero-order valence-corrected chi connectivity index (χ0v) is 17.6. The van der Waals surface area contributed by atoms with Crippen LogP contribution in [0.25, 0.3) is 5.57 Å². The van der Waals surface area contributed by atoms with Crippen molar-refractivity contribution in [3.63, 3.8) is 0 Å². The van der Waals surface area contributed by atoms with Crippen LogP contribution >= 0.6 is 0 Å². The van der Waals surface area contributed by atoms with Crippen molar-refractivity contribution in [1.82, 2.24) is 4.90 Å². The van der Waals surface area contributed by atoms with Gasteiger partial charge in [0, 0.05) is 17.8 Å². The maximum Gasteiger partial charge on any atom is 0.278 e. The van der Waals surface area contributed by atoms with Crippen molar-refractivity contribution < 1.29 is 19.1 Å². The van der Waals surface area contributed by atoms with Gasteiger partial charge in [0.05, 0.1) is 5.57 Å². The number of nitrogens with zero attached hydrogens (tertiary/aromatic N) is 1. The number of amides is 2. The Kier molecular flexibility index (Phi) is 5.14. The molecule has 5 rings (SSSR count). The number of aryl methyl sites for hydroxylation is 1. The summed E-state index contributed by atoms with van der Waals surface area (Å²) in [4.78, 5) is 28.6. The zero-order valence-electron chi connectivity index (χ0n) is 17.6. The average Bonchev–Trinajstić information content (AvgIpc) is 3.20. The molecule has 1 saturated carbocycles. The fraction of sp³-hybridized carbons (Fsp3) is 0.360. The topological polar surface area (TPSA) is 67.9 Å². The quantitative estimate of drug-likeness (QED) is 0.579. The molecule has 0 atom stereocenters. The maximum atomic E-state index is 13.6. The van der Waals surface area contributed by atoms with E-state index in [9.17, 15) is 9.59 Å². The van der Waals surface area contributed by atoms with Crippen LogP contribution in [-0.2, 0) is 9.59 Å². The number of carbonyl (C=O) groups excluding carboxylic acids is 2. The van der Waals surface area contributed by atoms with Gasteiger partial charge in [-0.25, -0.2) is 0 Å². The summed E-state index contributed by atoms with van der Waals surface area (Å²) in [6.07, 6.45) is 6.16. The summed E-state index contributed by atoms with van der Waals surface area (Å²) in [6, 6.07) is 13.1. The van der Waals surface area contributed by atoms with Gasteiger partial charge < -0.3 is 14.8 Å². The van der Waals surface area contributed by atoms with E-state index < -0.39 is 0 Å². The van der Waals surface area contributed by atoms with Gasteiger partial charge in [0.15, 0.2) is 11.5 Å². The van der Waals surface area contributed by atoms with Crippen LogP contribution in [0.3, 0.4) is 0 Å². The van der Waals surface area contributed by atoms with Crippen LogP contribution in [0.2, 0.25) is 0 Å². The molecule has 2 heterocycles. The molecule has 1 aliphatic carbocycles. The Bertz CT molecular complexity index is 1050. The van der Waals surface area contributed by atoms with Crippen molar-refractivity contribution in [2.75, 3.05) is 12.1 Å². The molecule has 0 saturated heterocycles. The number of hydrogen-bond acceptors (Lipinski definition) is 5.